The summed E-state index contributed by atoms with van der Waals surface area (Å²) in [4.78, 5) is 45.5. The monoisotopic (exact) mass is 696 g/mol. The number of nitrogens with zero attached hydrogens (tertiary/aromatic N) is 4. The molecule has 266 valence electrons. The number of sulfonamides is 1. The number of hydrogen-bond donors (Lipinski definition) is 3. The Bertz CT molecular complexity index is 1900. The third kappa shape index (κ3) is 7.12. The van der Waals surface area contributed by atoms with Crippen LogP contribution in [0.15, 0.2) is 24.3 Å². The summed E-state index contributed by atoms with van der Waals surface area (Å²) in [6, 6.07) is 7.07. The predicted molar refractivity (Wildman–Crippen MR) is 190 cm³/mol. The summed E-state index contributed by atoms with van der Waals surface area (Å²) in [6.07, 6.45) is 3.23. The number of aromatic nitrogens is 1. The van der Waals surface area contributed by atoms with E-state index in [-0.39, 0.29) is 34.6 Å². The maximum absolute atomic E-state index is 13.3. The molecule has 0 spiro atoms. The van der Waals surface area contributed by atoms with Gasteiger partial charge in [-0.05, 0) is 55.5 Å². The van der Waals surface area contributed by atoms with Crippen molar-refractivity contribution in [2.75, 3.05) is 57.4 Å². The zero-order valence-electron chi connectivity index (χ0n) is 29.4. The lowest BCUT2D eigenvalue weighted by Crippen LogP contribution is -2.53. The third-order valence-electron chi connectivity index (χ3n) is 9.72. The Balaban J connectivity index is 1.63. The molecule has 2 aliphatic heterocycles. The number of para-hydroxylation sites is 1. The van der Waals surface area contributed by atoms with Crippen molar-refractivity contribution in [3.63, 3.8) is 0 Å². The second-order valence-corrected chi connectivity index (χ2v) is 15.9. The number of ether oxygens (including phenoxy) is 1. The molecule has 4 N–H and O–H groups in total. The van der Waals surface area contributed by atoms with E-state index in [2.05, 4.69) is 14.5 Å². The summed E-state index contributed by atoms with van der Waals surface area (Å²) in [6.45, 7) is 12.6. The molecule has 2 saturated heterocycles. The average Bonchev–Trinajstić information content (AvgIpc) is 3.66. The number of nitrogens with two attached hydrogens (primary N) is 1. The number of aromatic carboxylic acids is 1. The summed E-state index contributed by atoms with van der Waals surface area (Å²) in [7, 11) is -0.961. The van der Waals surface area contributed by atoms with Gasteiger partial charge < -0.3 is 25.0 Å². The molecule has 2 aliphatic rings. The molecule has 2 amide bonds. The van der Waals surface area contributed by atoms with Gasteiger partial charge in [0.15, 0.2) is 5.75 Å². The van der Waals surface area contributed by atoms with Crippen molar-refractivity contribution in [1.82, 2.24) is 19.3 Å². The van der Waals surface area contributed by atoms with Gasteiger partial charge in [-0.25, -0.2) is 13.2 Å². The molecule has 0 bridgehead atoms. The number of rotatable bonds is 10. The molecule has 1 aromatic heterocycles. The van der Waals surface area contributed by atoms with Crippen molar-refractivity contribution in [2.45, 2.75) is 58.5 Å². The Morgan fingerprint density at radius 3 is 2.20 bits per heavy atom. The summed E-state index contributed by atoms with van der Waals surface area (Å²) < 4.78 is 35.3. The van der Waals surface area contributed by atoms with Crippen molar-refractivity contribution in [3.8, 4) is 16.9 Å². The molecule has 2 aromatic carbocycles. The van der Waals surface area contributed by atoms with Crippen LogP contribution in [-0.2, 0) is 33.8 Å². The number of aryl methyl sites for hydroxylation is 1. The lowest BCUT2D eigenvalue weighted by molar-refractivity contribution is -0.137. The Labute approximate surface area is 288 Å². The number of anilines is 1. The molecule has 3 aromatic rings. The number of benzene rings is 2. The normalized spacial score (nSPS) is 17.0. The summed E-state index contributed by atoms with van der Waals surface area (Å²) in [5, 5.41) is 11.3. The number of carbonyl (C=O) groups excluding carboxylic acids is 2. The predicted octanol–water partition coefficient (Wildman–Crippen LogP) is 3.45. The van der Waals surface area contributed by atoms with E-state index in [9.17, 15) is 27.9 Å². The minimum Gasteiger partial charge on any atom is -0.494 e. The van der Waals surface area contributed by atoms with Crippen molar-refractivity contribution in [3.05, 3.63) is 46.6 Å². The van der Waals surface area contributed by atoms with Crippen LogP contribution in [0.3, 0.4) is 0 Å². The molecule has 0 aliphatic carbocycles. The highest BCUT2D eigenvalue weighted by Crippen LogP contribution is 2.49. The van der Waals surface area contributed by atoms with Gasteiger partial charge in [0.1, 0.15) is 5.69 Å². The Hall–Kier alpha value is -4.14. The molecule has 0 radical (unpaired) electrons. The smallest absolute Gasteiger partial charge is 0.353 e. The molecule has 13 nitrogen and oxygen atoms in total. The molecule has 5 rings (SSSR count). The zero-order valence-corrected chi connectivity index (χ0v) is 30.2. The number of piperazine rings is 1. The molecular weight excluding hydrogens is 648 g/mol. The highest BCUT2D eigenvalue weighted by Gasteiger charge is 2.35. The SMILES string of the molecule is COc1c(C(N)=O)cc(C(C)(C)C)c(-c2c(C(=O)O)n(C)c3c(CN4CCN(C(=O)C(C)N5CCCC5)CC4)cccc23)c1NS(C)(=O)=O. The van der Waals surface area contributed by atoms with E-state index in [1.54, 1.807) is 17.7 Å². The second kappa shape index (κ2) is 13.6. The van der Waals surface area contributed by atoms with Gasteiger partial charge in [-0.3, -0.25) is 24.1 Å². The van der Waals surface area contributed by atoms with Crippen LogP contribution < -0.4 is 15.2 Å². The van der Waals surface area contributed by atoms with Gasteiger partial charge in [-0.1, -0.05) is 39.0 Å². The Morgan fingerprint density at radius 2 is 1.67 bits per heavy atom. The maximum Gasteiger partial charge on any atom is 0.353 e. The molecule has 14 heteroatoms. The van der Waals surface area contributed by atoms with Crippen LogP contribution >= 0.6 is 0 Å². The van der Waals surface area contributed by atoms with Crippen LogP contribution in [0.5, 0.6) is 5.75 Å². The topological polar surface area (TPSA) is 168 Å². The van der Waals surface area contributed by atoms with Crippen LogP contribution in [0.2, 0.25) is 0 Å². The number of methoxy groups -OCH3 is 1. The number of amides is 2. The van der Waals surface area contributed by atoms with Gasteiger partial charge in [0, 0.05) is 56.3 Å². The number of carbonyl (C=O) groups is 3. The number of carboxylic acids is 1. The maximum atomic E-state index is 13.3. The standard InChI is InChI=1S/C35H48N6O7S/c1-21(40-13-8-9-14-40)33(43)41-17-15-39(16-18-41)20-22-11-10-12-23-26(30(34(44)45)38(5)29(22)23)27-25(35(2,3)4)19-24(32(36)42)31(48-6)28(27)37-49(7,46)47/h10-12,19,21,37H,8-9,13-18,20H2,1-7H3,(H2,36,42)(H,44,45). The number of likely N-dealkylation sites (tertiary alicyclic amines) is 1. The highest BCUT2D eigenvalue weighted by atomic mass is 32.2. The van der Waals surface area contributed by atoms with Crippen LogP contribution in [0.1, 0.15) is 72.5 Å². The van der Waals surface area contributed by atoms with E-state index in [0.29, 0.717) is 60.3 Å². The second-order valence-electron chi connectivity index (χ2n) is 14.2. The molecule has 3 heterocycles. The Kier molecular flexibility index (Phi) is 10.1. The minimum absolute atomic E-state index is 0.0347. The van der Waals surface area contributed by atoms with Crippen LogP contribution in [-0.4, -0.2) is 109 Å². The van der Waals surface area contributed by atoms with E-state index < -0.39 is 27.3 Å². The Morgan fingerprint density at radius 1 is 1.04 bits per heavy atom. The molecule has 1 unspecified atom stereocenters. The summed E-state index contributed by atoms with van der Waals surface area (Å²) >= 11 is 0. The van der Waals surface area contributed by atoms with Gasteiger partial charge in [-0.2, -0.15) is 0 Å². The third-order valence-corrected chi connectivity index (χ3v) is 10.3. The lowest BCUT2D eigenvalue weighted by atomic mass is 9.79. The van der Waals surface area contributed by atoms with E-state index >= 15 is 0 Å². The van der Waals surface area contributed by atoms with Gasteiger partial charge in [0.25, 0.3) is 5.91 Å². The highest BCUT2D eigenvalue weighted by molar-refractivity contribution is 7.92. The number of primary amides is 1. The molecule has 2 fully saturated rings. The first-order chi connectivity index (χ1) is 22.9. The minimum atomic E-state index is -3.95. The van der Waals surface area contributed by atoms with Gasteiger partial charge in [-0.15, -0.1) is 0 Å². The number of hydrogen-bond acceptors (Lipinski definition) is 8. The molecule has 0 saturated carbocycles. The first-order valence-electron chi connectivity index (χ1n) is 16.6. The van der Waals surface area contributed by atoms with E-state index in [4.69, 9.17) is 10.5 Å². The van der Waals surface area contributed by atoms with E-state index in [1.165, 1.54) is 7.11 Å². The number of nitrogens with one attached hydrogen (secondary N) is 1. The van der Waals surface area contributed by atoms with Crippen LogP contribution in [0.25, 0.3) is 22.0 Å². The fourth-order valence-electron chi connectivity index (χ4n) is 7.34. The van der Waals surface area contributed by atoms with Crippen molar-refractivity contribution < 1.29 is 32.6 Å². The van der Waals surface area contributed by atoms with Crippen molar-refractivity contribution >= 4 is 44.4 Å². The quantitative estimate of drug-likeness (QED) is 0.288. The number of fused-ring (bicyclic) bond motifs is 1. The molecular formula is C35H48N6O7S. The molecule has 1 atom stereocenters. The zero-order chi connectivity index (χ0) is 36.0. The average molecular weight is 697 g/mol. The fourth-order valence-corrected chi connectivity index (χ4v) is 7.90. The summed E-state index contributed by atoms with van der Waals surface area (Å²) in [5.41, 5.74) is 7.57. The van der Waals surface area contributed by atoms with Gasteiger partial charge >= 0.3 is 5.97 Å². The fraction of sp³-hybridized carbons (Fsp3) is 0.514. The number of carboxylic acid groups (broad SMARTS) is 1. The van der Waals surface area contributed by atoms with Crippen LogP contribution in [0.4, 0.5) is 5.69 Å². The lowest BCUT2D eigenvalue weighted by Gasteiger charge is -2.37. The summed E-state index contributed by atoms with van der Waals surface area (Å²) in [5.74, 6) is -1.97. The van der Waals surface area contributed by atoms with Crippen molar-refractivity contribution in [1.29, 1.82) is 0 Å². The molecule has 49 heavy (non-hydrogen) atoms. The van der Waals surface area contributed by atoms with Gasteiger partial charge in [0.2, 0.25) is 15.9 Å². The van der Waals surface area contributed by atoms with Gasteiger partial charge in [0.05, 0.1) is 36.2 Å². The van der Waals surface area contributed by atoms with Crippen molar-refractivity contribution in [2.24, 2.45) is 12.8 Å². The van der Waals surface area contributed by atoms with Crippen LogP contribution in [0, 0.1) is 0 Å². The van der Waals surface area contributed by atoms with E-state index in [0.717, 1.165) is 37.8 Å². The first kappa shape index (κ1) is 36.1. The first-order valence-corrected chi connectivity index (χ1v) is 18.5. The van der Waals surface area contributed by atoms with E-state index in [1.807, 2.05) is 50.8 Å². The largest absolute Gasteiger partial charge is 0.494 e.